The van der Waals surface area contributed by atoms with Gasteiger partial charge in [-0.2, -0.15) is 0 Å². The predicted molar refractivity (Wildman–Crippen MR) is 123 cm³/mol. The van der Waals surface area contributed by atoms with Crippen molar-refractivity contribution in [2.24, 2.45) is 5.73 Å². The van der Waals surface area contributed by atoms with Gasteiger partial charge in [0.15, 0.2) is 0 Å². The minimum absolute atomic E-state index is 0.873. The Morgan fingerprint density at radius 3 is 0.926 bits per heavy atom. The highest BCUT2D eigenvalue weighted by atomic mass is 16.2. The summed E-state index contributed by atoms with van der Waals surface area (Å²) in [4.78, 5) is 0. The lowest BCUT2D eigenvalue weighted by atomic mass is 10.0. The van der Waals surface area contributed by atoms with Crippen LogP contribution < -0.4 is 5.73 Å². The molecule has 0 unspecified atom stereocenters. The average Bonchev–Trinajstić information content (AvgIpc) is 2.71. The minimum atomic E-state index is 0.873. The Balaban J connectivity index is -0.000000603. The molecule has 3 nitrogen and oxygen atoms in total. The lowest BCUT2D eigenvalue weighted by Crippen LogP contribution is -1.97. The third-order valence-electron chi connectivity index (χ3n) is 4.36. The molecule has 0 heterocycles. The largest absolute Gasteiger partial charge is 0.516 e. The average molecular weight is 386 g/mol. The van der Waals surface area contributed by atoms with Gasteiger partial charge in [-0.05, 0) is 26.8 Å². The molecule has 0 aliphatic carbocycles. The molecule has 4 N–H and O–H groups in total. The Morgan fingerprint density at radius 1 is 0.519 bits per heavy atom. The van der Waals surface area contributed by atoms with Gasteiger partial charge in [0.05, 0.1) is 12.5 Å². The minimum Gasteiger partial charge on any atom is -0.516 e. The maximum atomic E-state index is 7.69. The Hall–Kier alpha value is -0.960. The standard InChI is InChI=1S/C18H39N.2C3H6O/c1-2-3-4-5-6-7-8-9-10-11-12-13-14-15-16-17-18-19;2*1-2-3-4/h2-19H2,1H3;2*2-4H,1H3. The summed E-state index contributed by atoms with van der Waals surface area (Å²) >= 11 is 0. The zero-order valence-corrected chi connectivity index (χ0v) is 18.8. The van der Waals surface area contributed by atoms with Gasteiger partial charge in [-0.15, -0.1) is 0 Å². The number of aliphatic hydroxyl groups excluding tert-OH is 2. The van der Waals surface area contributed by atoms with E-state index in [9.17, 15) is 0 Å². The van der Waals surface area contributed by atoms with Gasteiger partial charge in [0, 0.05) is 0 Å². The van der Waals surface area contributed by atoms with Crippen LogP contribution in [0.2, 0.25) is 0 Å². The van der Waals surface area contributed by atoms with Gasteiger partial charge in [-0.25, -0.2) is 0 Å². The van der Waals surface area contributed by atoms with E-state index in [2.05, 4.69) is 6.92 Å². The lowest BCUT2D eigenvalue weighted by molar-refractivity contribution is 0.472. The van der Waals surface area contributed by atoms with E-state index in [1.165, 1.54) is 103 Å². The van der Waals surface area contributed by atoms with E-state index in [4.69, 9.17) is 15.9 Å². The van der Waals surface area contributed by atoms with Gasteiger partial charge in [0.2, 0.25) is 0 Å². The van der Waals surface area contributed by atoms with E-state index in [-0.39, 0.29) is 0 Å². The fraction of sp³-hybridized carbons (Fsp3) is 0.833. The van der Waals surface area contributed by atoms with Crippen LogP contribution in [0, 0.1) is 0 Å². The second kappa shape index (κ2) is 36.0. The summed E-state index contributed by atoms with van der Waals surface area (Å²) in [6.07, 6.45) is 28.0. The van der Waals surface area contributed by atoms with Gasteiger partial charge in [-0.3, -0.25) is 0 Å². The number of unbranched alkanes of at least 4 members (excludes halogenated alkanes) is 15. The molecular formula is C24H51NO2. The van der Waals surface area contributed by atoms with Gasteiger partial charge in [-0.1, -0.05) is 115 Å². The molecular weight excluding hydrogens is 334 g/mol. The van der Waals surface area contributed by atoms with Crippen LogP contribution in [0.4, 0.5) is 0 Å². The summed E-state index contributed by atoms with van der Waals surface area (Å²) in [7, 11) is 0. The van der Waals surface area contributed by atoms with E-state index in [0.717, 1.165) is 19.1 Å². The van der Waals surface area contributed by atoms with Gasteiger partial charge < -0.3 is 15.9 Å². The maximum Gasteiger partial charge on any atom is 0.0748 e. The Morgan fingerprint density at radius 2 is 0.741 bits per heavy atom. The fourth-order valence-corrected chi connectivity index (χ4v) is 2.69. The number of nitrogens with two attached hydrogens (primary N) is 1. The quantitative estimate of drug-likeness (QED) is 0.185. The van der Waals surface area contributed by atoms with Crippen molar-refractivity contribution in [1.82, 2.24) is 0 Å². The second-order valence-electron chi connectivity index (χ2n) is 7.06. The zero-order chi connectivity index (χ0) is 20.8. The molecule has 0 aromatic rings. The summed E-state index contributed by atoms with van der Waals surface area (Å²) in [5.74, 6) is 0. The molecule has 0 aromatic heterocycles. The summed E-state index contributed by atoms with van der Waals surface area (Å²) in [6, 6.07) is 0. The molecule has 0 amide bonds. The summed E-state index contributed by atoms with van der Waals surface area (Å²) in [5.41, 5.74) is 5.48. The normalized spacial score (nSPS) is 10.5. The number of allylic oxidation sites excluding steroid dienone is 2. The highest BCUT2D eigenvalue weighted by Gasteiger charge is 1.94. The van der Waals surface area contributed by atoms with Crippen LogP contribution in [0.25, 0.3) is 0 Å². The zero-order valence-electron chi connectivity index (χ0n) is 18.8. The molecule has 0 aromatic carbocycles. The molecule has 0 saturated heterocycles. The van der Waals surface area contributed by atoms with Crippen LogP contribution in [0.5, 0.6) is 0 Å². The smallest absolute Gasteiger partial charge is 0.0748 e. The monoisotopic (exact) mass is 385 g/mol. The molecule has 0 radical (unpaired) electrons. The SMILES string of the molecule is CC=CO.CC=CO.CCCCCCCCCCCCCCCCCCN. The van der Waals surface area contributed by atoms with E-state index in [1.54, 1.807) is 26.0 Å². The highest BCUT2D eigenvalue weighted by molar-refractivity contribution is 4.60. The summed E-state index contributed by atoms with van der Waals surface area (Å²) in [5, 5.41) is 15.4. The van der Waals surface area contributed by atoms with Crippen molar-refractivity contribution in [3.63, 3.8) is 0 Å². The molecule has 3 heteroatoms. The number of hydrogen-bond acceptors (Lipinski definition) is 3. The molecule has 0 fully saturated rings. The lowest BCUT2D eigenvalue weighted by Gasteiger charge is -2.03. The van der Waals surface area contributed by atoms with Crippen LogP contribution in [0.3, 0.4) is 0 Å². The van der Waals surface area contributed by atoms with Crippen LogP contribution >= 0.6 is 0 Å². The van der Waals surface area contributed by atoms with E-state index >= 15 is 0 Å². The molecule has 0 aliphatic rings. The summed E-state index contributed by atoms with van der Waals surface area (Å²) < 4.78 is 0. The molecule has 164 valence electrons. The van der Waals surface area contributed by atoms with Crippen molar-refractivity contribution in [2.75, 3.05) is 6.54 Å². The van der Waals surface area contributed by atoms with E-state index < -0.39 is 0 Å². The van der Waals surface area contributed by atoms with Gasteiger partial charge in [0.25, 0.3) is 0 Å². The van der Waals surface area contributed by atoms with Gasteiger partial charge >= 0.3 is 0 Å². The van der Waals surface area contributed by atoms with Crippen molar-refractivity contribution < 1.29 is 10.2 Å². The van der Waals surface area contributed by atoms with E-state index in [0.29, 0.717) is 0 Å². The van der Waals surface area contributed by atoms with Crippen molar-refractivity contribution in [3.8, 4) is 0 Å². The molecule has 0 rings (SSSR count). The van der Waals surface area contributed by atoms with Crippen molar-refractivity contribution in [2.45, 2.75) is 124 Å². The van der Waals surface area contributed by atoms with Crippen LogP contribution in [0.15, 0.2) is 24.7 Å². The van der Waals surface area contributed by atoms with Gasteiger partial charge in [0.1, 0.15) is 0 Å². The van der Waals surface area contributed by atoms with Crippen LogP contribution in [-0.2, 0) is 0 Å². The fourth-order valence-electron chi connectivity index (χ4n) is 2.69. The van der Waals surface area contributed by atoms with Crippen LogP contribution in [-0.4, -0.2) is 16.8 Å². The number of rotatable bonds is 16. The first-order valence-corrected chi connectivity index (χ1v) is 11.5. The Kier molecular flexibility index (Phi) is 41.0. The third kappa shape index (κ3) is 45.8. The number of hydrogen-bond donors (Lipinski definition) is 3. The number of aliphatic hydroxyl groups is 2. The predicted octanol–water partition coefficient (Wildman–Crippen LogP) is 8.36. The molecule has 0 saturated carbocycles. The van der Waals surface area contributed by atoms with E-state index in [1.807, 2.05) is 0 Å². The van der Waals surface area contributed by atoms with Crippen molar-refractivity contribution in [3.05, 3.63) is 24.7 Å². The summed E-state index contributed by atoms with van der Waals surface area (Å²) in [6.45, 7) is 6.66. The van der Waals surface area contributed by atoms with Crippen molar-refractivity contribution in [1.29, 1.82) is 0 Å². The molecule has 0 atom stereocenters. The Labute approximate surface area is 171 Å². The maximum absolute atomic E-state index is 7.69. The topological polar surface area (TPSA) is 66.5 Å². The molecule has 0 aliphatic heterocycles. The van der Waals surface area contributed by atoms with Crippen LogP contribution in [0.1, 0.15) is 124 Å². The second-order valence-corrected chi connectivity index (χ2v) is 7.06. The third-order valence-corrected chi connectivity index (χ3v) is 4.36. The Bertz CT molecular complexity index is 231. The molecule has 0 bridgehead atoms. The molecule has 27 heavy (non-hydrogen) atoms. The first-order valence-electron chi connectivity index (χ1n) is 11.5. The molecule has 0 spiro atoms. The highest BCUT2D eigenvalue weighted by Crippen LogP contribution is 2.13. The first kappa shape index (κ1) is 30.8. The first-order chi connectivity index (χ1) is 13.2. The van der Waals surface area contributed by atoms with Crippen molar-refractivity contribution >= 4 is 0 Å².